The summed E-state index contributed by atoms with van der Waals surface area (Å²) in [5.74, 6) is -0.526. The number of hydrogen-bond donors (Lipinski definition) is 11. The van der Waals surface area contributed by atoms with E-state index < -0.39 is 118 Å². The second-order valence-corrected chi connectivity index (χ2v) is 16.3. The van der Waals surface area contributed by atoms with Gasteiger partial charge in [-0.2, -0.15) is 0 Å². The summed E-state index contributed by atoms with van der Waals surface area (Å²) in [7, 11) is 0. The maximum atomic E-state index is 14.0. The number of rotatable bonds is 17. The first-order chi connectivity index (χ1) is 25.8. The number of hydrogen-bond acceptors (Lipinski definition) is 18. The molecular weight excluding hydrogens is 732 g/mol. The Morgan fingerprint density at radius 2 is 1.45 bits per heavy atom. The molecule has 1 aliphatic heterocycles. The fourth-order valence-electron chi connectivity index (χ4n) is 9.42. The molecule has 1 heterocycles. The van der Waals surface area contributed by atoms with Crippen molar-refractivity contribution in [1.29, 1.82) is 0 Å². The molecule has 0 aromatic heterocycles. The van der Waals surface area contributed by atoms with E-state index in [9.17, 15) is 61.0 Å². The van der Waals surface area contributed by atoms with Crippen LogP contribution in [0.1, 0.15) is 79.1 Å². The molecule has 320 valence electrons. The molecule has 4 fully saturated rings. The van der Waals surface area contributed by atoms with E-state index >= 15 is 0 Å². The van der Waals surface area contributed by atoms with Crippen LogP contribution in [0.4, 0.5) is 0 Å². The van der Waals surface area contributed by atoms with Crippen LogP contribution in [0.15, 0.2) is 12.2 Å². The van der Waals surface area contributed by atoms with Crippen LogP contribution in [-0.2, 0) is 33.2 Å². The predicted molar refractivity (Wildman–Crippen MR) is 188 cm³/mol. The van der Waals surface area contributed by atoms with Crippen LogP contribution in [0.2, 0.25) is 0 Å². The van der Waals surface area contributed by atoms with Crippen molar-refractivity contribution in [2.75, 3.05) is 19.8 Å². The fourth-order valence-corrected chi connectivity index (χ4v) is 9.42. The van der Waals surface area contributed by atoms with Gasteiger partial charge >= 0.3 is 5.97 Å². The number of aliphatic hydroxyl groups is 11. The van der Waals surface area contributed by atoms with Gasteiger partial charge in [0.05, 0.1) is 43.5 Å². The lowest BCUT2D eigenvalue weighted by Crippen LogP contribution is -2.61. The molecule has 0 spiro atoms. The number of carbonyl (C=O) groups excluding carboxylic acids is 1. The Balaban J connectivity index is 1.52. The molecule has 4 rings (SSSR count). The third-order valence-electron chi connectivity index (χ3n) is 12.6. The van der Waals surface area contributed by atoms with Crippen LogP contribution in [0.25, 0.3) is 0 Å². The van der Waals surface area contributed by atoms with Crippen LogP contribution in [0.5, 0.6) is 0 Å². The molecule has 0 radical (unpaired) electrons. The number of fused-ring (bicyclic) bond motifs is 3. The lowest BCUT2D eigenvalue weighted by molar-refractivity contribution is -0.368. The summed E-state index contributed by atoms with van der Waals surface area (Å²) < 4.78 is 33.9. The van der Waals surface area contributed by atoms with Gasteiger partial charge in [-0.15, -0.1) is 0 Å². The fraction of sp³-hybridized carbons (Fsp3) is 0.919. The summed E-state index contributed by atoms with van der Waals surface area (Å²) in [6, 6.07) is 0. The van der Waals surface area contributed by atoms with Crippen molar-refractivity contribution >= 4 is 5.97 Å². The van der Waals surface area contributed by atoms with E-state index in [0.717, 1.165) is 12.8 Å². The van der Waals surface area contributed by atoms with Crippen molar-refractivity contribution in [3.8, 4) is 0 Å². The average Bonchev–Trinajstić information content (AvgIpc) is 3.29. The highest BCUT2D eigenvalue weighted by molar-refractivity contribution is 5.77. The zero-order chi connectivity index (χ0) is 41.0. The number of carbonyl (C=O) groups is 1. The van der Waals surface area contributed by atoms with Crippen LogP contribution < -0.4 is 0 Å². The Labute approximate surface area is 321 Å². The van der Waals surface area contributed by atoms with Gasteiger partial charge in [0.15, 0.2) is 0 Å². The summed E-state index contributed by atoms with van der Waals surface area (Å²) in [5, 5.41) is 111. The minimum absolute atomic E-state index is 0.0812. The molecule has 0 amide bonds. The van der Waals surface area contributed by atoms with Crippen molar-refractivity contribution in [2.24, 2.45) is 28.6 Å². The van der Waals surface area contributed by atoms with Gasteiger partial charge in [0.1, 0.15) is 36.6 Å². The Hall–Kier alpha value is -1.43. The molecule has 0 bridgehead atoms. The number of ether oxygens (including phenoxy) is 6. The molecule has 55 heavy (non-hydrogen) atoms. The topological polar surface area (TPSA) is 295 Å². The van der Waals surface area contributed by atoms with Crippen molar-refractivity contribution in [2.45, 2.75) is 165 Å². The normalized spacial score (nSPS) is 39.5. The second-order valence-electron chi connectivity index (χ2n) is 16.3. The predicted octanol–water partition coefficient (Wildman–Crippen LogP) is -1.89. The lowest BCUT2D eigenvalue weighted by Gasteiger charge is -2.59. The van der Waals surface area contributed by atoms with Crippen molar-refractivity contribution < 1.29 is 89.4 Å². The molecule has 18 heteroatoms. The SMILES string of the molecule is C=C1CC2CCC3[C@](C)(C(=O)OC4OC(CO)C(O)C(O)C4O)CCC[C@@]3(C)[C@@H]2CCC1OC(OC(CO)C(C)O)C(O)OC(OC(CO)C(C)O)C(O)O. The van der Waals surface area contributed by atoms with Gasteiger partial charge in [0.2, 0.25) is 31.5 Å². The summed E-state index contributed by atoms with van der Waals surface area (Å²) in [4.78, 5) is 14.0. The molecule has 11 N–H and O–H groups in total. The molecule has 4 aliphatic rings. The van der Waals surface area contributed by atoms with Crippen molar-refractivity contribution in [3.05, 3.63) is 12.2 Å². The first kappa shape index (κ1) is 46.3. The van der Waals surface area contributed by atoms with Crippen LogP contribution >= 0.6 is 0 Å². The van der Waals surface area contributed by atoms with Crippen molar-refractivity contribution in [1.82, 2.24) is 0 Å². The Morgan fingerprint density at radius 1 is 0.836 bits per heavy atom. The van der Waals surface area contributed by atoms with E-state index in [-0.39, 0.29) is 23.2 Å². The van der Waals surface area contributed by atoms with Crippen molar-refractivity contribution in [3.63, 3.8) is 0 Å². The molecule has 3 saturated carbocycles. The van der Waals surface area contributed by atoms with Gasteiger partial charge in [0.25, 0.3) is 0 Å². The molecule has 18 atom stereocenters. The number of aliphatic hydroxyl groups excluding tert-OH is 10. The largest absolute Gasteiger partial charge is 0.432 e. The Kier molecular flexibility index (Phi) is 16.4. The molecule has 0 aromatic rings. The number of esters is 1. The highest BCUT2D eigenvalue weighted by Crippen LogP contribution is 2.64. The van der Waals surface area contributed by atoms with Gasteiger partial charge in [0, 0.05) is 0 Å². The second kappa shape index (κ2) is 19.5. The molecule has 18 nitrogen and oxygen atoms in total. The maximum absolute atomic E-state index is 14.0. The van der Waals surface area contributed by atoms with E-state index in [1.165, 1.54) is 13.8 Å². The van der Waals surface area contributed by atoms with Gasteiger partial charge in [-0.05, 0) is 94.5 Å². The third-order valence-corrected chi connectivity index (χ3v) is 12.6. The van der Waals surface area contributed by atoms with E-state index in [2.05, 4.69) is 13.5 Å². The lowest BCUT2D eigenvalue weighted by atomic mass is 9.45. The monoisotopic (exact) mass is 796 g/mol. The maximum Gasteiger partial charge on any atom is 0.314 e. The van der Waals surface area contributed by atoms with Crippen LogP contribution in [-0.4, -0.2) is 168 Å². The highest BCUT2D eigenvalue weighted by Gasteiger charge is 2.60. The smallest absolute Gasteiger partial charge is 0.314 e. The first-order valence-corrected chi connectivity index (χ1v) is 19.3. The zero-order valence-electron chi connectivity index (χ0n) is 32.1. The summed E-state index contributed by atoms with van der Waals surface area (Å²) >= 11 is 0. The molecule has 1 saturated heterocycles. The quantitative estimate of drug-likeness (QED) is 0.0436. The summed E-state index contributed by atoms with van der Waals surface area (Å²) in [6.45, 7) is 8.92. The molecule has 0 aromatic carbocycles. The van der Waals surface area contributed by atoms with Gasteiger partial charge in [-0.25, -0.2) is 0 Å². The highest BCUT2D eigenvalue weighted by atomic mass is 16.8. The third kappa shape index (κ3) is 10.2. The van der Waals surface area contributed by atoms with E-state index in [1.807, 2.05) is 6.92 Å². The van der Waals surface area contributed by atoms with E-state index in [4.69, 9.17) is 28.4 Å². The van der Waals surface area contributed by atoms with E-state index in [0.29, 0.717) is 44.1 Å². The first-order valence-electron chi connectivity index (χ1n) is 19.3. The standard InChI is InChI=1S/C37H64O18/c1-17-13-20-7-10-26-36(4,11-6-12-37(26,5)35(49)55-32-29(45)28(44)27(43)25(16-40)53-32)21(20)8-9-22(17)50-34(52-24(15-39)19(3)42)31(48)54-33(30(46)47)51-23(14-38)18(2)41/h18-34,38-48H,1,6-16H2,2-5H3/t18?,19?,20?,21-,22?,23?,24?,25?,26?,27?,28?,29?,31?,32?,33?,34?,36+,37-/m1/s1. The Bertz CT molecular complexity index is 1230. The average molecular weight is 797 g/mol. The summed E-state index contributed by atoms with van der Waals surface area (Å²) in [5.41, 5.74) is -0.672. The molecule has 3 aliphatic carbocycles. The van der Waals surface area contributed by atoms with Crippen LogP contribution in [0, 0.1) is 28.6 Å². The minimum atomic E-state index is -2.34. The zero-order valence-corrected chi connectivity index (χ0v) is 32.1. The summed E-state index contributed by atoms with van der Waals surface area (Å²) in [6.07, 6.45) is -16.8. The van der Waals surface area contributed by atoms with Crippen LogP contribution in [0.3, 0.4) is 0 Å². The minimum Gasteiger partial charge on any atom is -0.432 e. The Morgan fingerprint density at radius 3 is 2.02 bits per heavy atom. The van der Waals surface area contributed by atoms with E-state index in [1.54, 1.807) is 0 Å². The molecule has 15 unspecified atom stereocenters. The molecular formula is C37H64O18. The van der Waals surface area contributed by atoms with Gasteiger partial charge in [-0.3, -0.25) is 4.79 Å². The van der Waals surface area contributed by atoms with Gasteiger partial charge in [-0.1, -0.05) is 19.9 Å². The van der Waals surface area contributed by atoms with Gasteiger partial charge < -0.3 is 84.6 Å².